The molecule has 0 saturated heterocycles. The topological polar surface area (TPSA) is 74.8 Å². The van der Waals surface area contributed by atoms with Crippen LogP contribution in [0.15, 0.2) is 53.4 Å². The number of carbonyl (C=O) groups excluding carboxylic acids is 2. The number of ketones is 1. The van der Waals surface area contributed by atoms with Crippen LogP contribution in [0.1, 0.15) is 35.8 Å². The summed E-state index contributed by atoms with van der Waals surface area (Å²) in [7, 11) is -0.991. The molecule has 0 N–H and O–H groups in total. The first-order chi connectivity index (χ1) is 13.0. The molecular weight excluding hydrogens is 383 g/mol. The van der Waals surface area contributed by atoms with E-state index in [4.69, 9.17) is 0 Å². The highest BCUT2D eigenvalue weighted by Crippen LogP contribution is 2.20. The van der Waals surface area contributed by atoms with E-state index < -0.39 is 15.9 Å². The van der Waals surface area contributed by atoms with E-state index in [0.717, 1.165) is 9.87 Å². The summed E-state index contributed by atoms with van der Waals surface area (Å²) in [4.78, 5) is 25.3. The summed E-state index contributed by atoms with van der Waals surface area (Å²) >= 11 is 0. The number of benzene rings is 2. The van der Waals surface area contributed by atoms with Gasteiger partial charge in [-0.15, -0.1) is 0 Å². The summed E-state index contributed by atoms with van der Waals surface area (Å²) < 4.78 is 39.4. The third-order valence-corrected chi connectivity index (χ3v) is 6.47. The zero-order valence-electron chi connectivity index (χ0n) is 16.2. The van der Waals surface area contributed by atoms with Crippen LogP contribution in [0, 0.1) is 5.82 Å². The lowest BCUT2D eigenvalue weighted by Crippen LogP contribution is -2.40. The molecule has 2 aromatic carbocycles. The average Bonchev–Trinajstić information content (AvgIpc) is 2.67. The van der Waals surface area contributed by atoms with Crippen molar-refractivity contribution < 1.29 is 22.4 Å². The number of carbonyl (C=O) groups is 2. The molecule has 2 aromatic rings. The molecule has 8 heteroatoms. The molecule has 0 heterocycles. The van der Waals surface area contributed by atoms with Gasteiger partial charge in [0.05, 0.1) is 17.5 Å². The van der Waals surface area contributed by atoms with Crippen molar-refractivity contribution in [1.29, 1.82) is 0 Å². The lowest BCUT2D eigenvalue weighted by molar-refractivity contribution is -0.131. The van der Waals surface area contributed by atoms with E-state index in [1.807, 2.05) is 0 Å². The van der Waals surface area contributed by atoms with Crippen LogP contribution >= 0.6 is 0 Å². The Labute approximate surface area is 164 Å². The summed E-state index contributed by atoms with van der Waals surface area (Å²) in [5, 5.41) is 0. The summed E-state index contributed by atoms with van der Waals surface area (Å²) in [5.41, 5.74) is 1.15. The maximum atomic E-state index is 13.1. The fourth-order valence-corrected chi connectivity index (χ4v) is 3.73. The molecule has 0 aliphatic carbocycles. The molecule has 0 bridgehead atoms. The third kappa shape index (κ3) is 4.82. The number of hydrogen-bond acceptors (Lipinski definition) is 4. The van der Waals surface area contributed by atoms with Gasteiger partial charge in [-0.05, 0) is 43.7 Å². The highest BCUT2D eigenvalue weighted by atomic mass is 32.2. The third-order valence-electron chi connectivity index (χ3n) is 4.65. The minimum absolute atomic E-state index is 0.00189. The number of nitrogens with zero attached hydrogens (tertiary/aromatic N) is 2. The molecule has 1 amide bonds. The molecule has 0 aliphatic rings. The van der Waals surface area contributed by atoms with Crippen LogP contribution in [0.3, 0.4) is 0 Å². The van der Waals surface area contributed by atoms with Crippen LogP contribution in [0.25, 0.3) is 0 Å². The molecule has 1 atom stereocenters. The van der Waals surface area contributed by atoms with E-state index in [1.54, 1.807) is 26.1 Å². The van der Waals surface area contributed by atoms with Gasteiger partial charge >= 0.3 is 0 Å². The van der Waals surface area contributed by atoms with Crippen LogP contribution < -0.4 is 0 Å². The molecule has 0 spiro atoms. The normalized spacial score (nSPS) is 12.6. The Morgan fingerprint density at radius 2 is 1.54 bits per heavy atom. The molecule has 28 heavy (non-hydrogen) atoms. The van der Waals surface area contributed by atoms with Gasteiger partial charge in [-0.3, -0.25) is 9.59 Å². The van der Waals surface area contributed by atoms with E-state index in [-0.39, 0.29) is 29.1 Å². The Bertz CT molecular complexity index is 957. The number of hydrogen-bond donors (Lipinski definition) is 0. The van der Waals surface area contributed by atoms with Crippen LogP contribution in [0.5, 0.6) is 0 Å². The van der Waals surface area contributed by atoms with Gasteiger partial charge in [-0.25, -0.2) is 12.8 Å². The van der Waals surface area contributed by atoms with E-state index >= 15 is 0 Å². The highest BCUT2D eigenvalue weighted by molar-refractivity contribution is 7.89. The summed E-state index contributed by atoms with van der Waals surface area (Å²) in [6.07, 6.45) is 0. The number of rotatable bonds is 7. The molecule has 1 unspecified atom stereocenters. The van der Waals surface area contributed by atoms with Crippen LogP contribution in [-0.2, 0) is 14.8 Å². The number of halogens is 1. The van der Waals surface area contributed by atoms with E-state index in [9.17, 15) is 22.4 Å². The molecule has 6 nitrogen and oxygen atoms in total. The van der Waals surface area contributed by atoms with Crippen molar-refractivity contribution in [3.8, 4) is 0 Å². The molecule has 2 rings (SSSR count). The van der Waals surface area contributed by atoms with Gasteiger partial charge < -0.3 is 4.90 Å². The molecule has 150 valence electrons. The van der Waals surface area contributed by atoms with Crippen molar-refractivity contribution in [2.75, 3.05) is 20.6 Å². The summed E-state index contributed by atoms with van der Waals surface area (Å²) in [6.45, 7) is 2.82. The van der Waals surface area contributed by atoms with Crippen molar-refractivity contribution in [3.63, 3.8) is 0 Å². The lowest BCUT2D eigenvalue weighted by Gasteiger charge is -2.27. The van der Waals surface area contributed by atoms with Gasteiger partial charge in [0, 0.05) is 19.7 Å². The molecule has 0 saturated carbocycles. The Balaban J connectivity index is 2.11. The predicted molar refractivity (Wildman–Crippen MR) is 104 cm³/mol. The molecule has 0 aliphatic heterocycles. The monoisotopic (exact) mass is 406 g/mol. The molecule has 0 radical (unpaired) electrons. The van der Waals surface area contributed by atoms with Crippen molar-refractivity contribution >= 4 is 21.7 Å². The second kappa shape index (κ2) is 8.62. The second-order valence-corrected chi connectivity index (χ2v) is 8.62. The molecular formula is C20H23FN2O4S. The zero-order chi connectivity index (χ0) is 21.1. The lowest BCUT2D eigenvalue weighted by atomic mass is 10.1. The molecule has 0 aromatic heterocycles. The minimum Gasteiger partial charge on any atom is -0.338 e. The standard InChI is InChI=1S/C20H23FN2O4S/c1-14(16-5-9-18(21)10-6-16)23(4)20(25)13-22(3)28(26,27)19-11-7-17(8-12-19)15(2)24/h5-12,14H,13H2,1-4H3. The highest BCUT2D eigenvalue weighted by Gasteiger charge is 2.26. The average molecular weight is 406 g/mol. The van der Waals surface area contributed by atoms with Gasteiger partial charge in [-0.1, -0.05) is 24.3 Å². The van der Waals surface area contributed by atoms with Crippen molar-refractivity contribution in [2.45, 2.75) is 24.8 Å². The predicted octanol–water partition coefficient (Wildman–Crippen LogP) is 2.87. The largest absolute Gasteiger partial charge is 0.338 e. The Morgan fingerprint density at radius 1 is 1.00 bits per heavy atom. The fourth-order valence-electron chi connectivity index (χ4n) is 2.61. The first-order valence-corrected chi connectivity index (χ1v) is 10.1. The van der Waals surface area contributed by atoms with E-state index in [1.165, 1.54) is 55.3 Å². The van der Waals surface area contributed by atoms with Crippen molar-refractivity contribution in [3.05, 3.63) is 65.5 Å². The van der Waals surface area contributed by atoms with Gasteiger partial charge in [0.1, 0.15) is 5.82 Å². The second-order valence-electron chi connectivity index (χ2n) is 6.57. The van der Waals surface area contributed by atoms with Crippen molar-refractivity contribution in [2.24, 2.45) is 0 Å². The smallest absolute Gasteiger partial charge is 0.243 e. The quantitative estimate of drug-likeness (QED) is 0.663. The van der Waals surface area contributed by atoms with Gasteiger partial charge in [0.25, 0.3) is 0 Å². The van der Waals surface area contributed by atoms with Crippen LogP contribution in [-0.4, -0.2) is 50.0 Å². The van der Waals surface area contributed by atoms with Gasteiger partial charge in [0.2, 0.25) is 15.9 Å². The van der Waals surface area contributed by atoms with Gasteiger partial charge in [0.15, 0.2) is 5.78 Å². The molecule has 0 fully saturated rings. The van der Waals surface area contributed by atoms with Gasteiger partial charge in [-0.2, -0.15) is 4.31 Å². The van der Waals surface area contributed by atoms with Crippen molar-refractivity contribution in [1.82, 2.24) is 9.21 Å². The van der Waals surface area contributed by atoms with Crippen LogP contribution in [0.4, 0.5) is 4.39 Å². The first kappa shape index (κ1) is 21.7. The summed E-state index contributed by atoms with van der Waals surface area (Å²) in [5.74, 6) is -0.932. The maximum Gasteiger partial charge on any atom is 0.243 e. The minimum atomic E-state index is -3.88. The Hall–Kier alpha value is -2.58. The maximum absolute atomic E-state index is 13.1. The zero-order valence-corrected chi connectivity index (χ0v) is 17.0. The van der Waals surface area contributed by atoms with E-state index in [0.29, 0.717) is 5.56 Å². The Morgan fingerprint density at radius 3 is 2.04 bits per heavy atom. The SMILES string of the molecule is CC(=O)c1ccc(S(=O)(=O)N(C)CC(=O)N(C)C(C)c2ccc(F)cc2)cc1. The number of sulfonamides is 1. The van der Waals surface area contributed by atoms with E-state index in [2.05, 4.69) is 0 Å². The number of amides is 1. The number of likely N-dealkylation sites (N-methyl/N-ethyl adjacent to an activating group) is 2. The van der Waals surface area contributed by atoms with Crippen LogP contribution in [0.2, 0.25) is 0 Å². The Kier molecular flexibility index (Phi) is 6.69. The number of Topliss-reactive ketones (excluding diaryl/α,β-unsaturated/α-hetero) is 1. The fraction of sp³-hybridized carbons (Fsp3) is 0.300. The first-order valence-electron chi connectivity index (χ1n) is 8.62. The summed E-state index contributed by atoms with van der Waals surface area (Å²) in [6, 6.07) is 11.0.